The van der Waals surface area contributed by atoms with Gasteiger partial charge in [-0.2, -0.15) is 9.57 Å². The van der Waals surface area contributed by atoms with Crippen molar-refractivity contribution in [1.29, 1.82) is 5.26 Å². The number of aryl methyl sites for hydroxylation is 2. The molecule has 9 heteroatoms. The Morgan fingerprint density at radius 3 is 2.33 bits per heavy atom. The molecule has 0 bridgehead atoms. The van der Waals surface area contributed by atoms with Crippen molar-refractivity contribution in [3.63, 3.8) is 0 Å². The van der Waals surface area contributed by atoms with E-state index in [2.05, 4.69) is 32.0 Å². The van der Waals surface area contributed by atoms with Gasteiger partial charge in [-0.3, -0.25) is 0 Å². The van der Waals surface area contributed by atoms with Crippen LogP contribution in [0.2, 0.25) is 0 Å². The van der Waals surface area contributed by atoms with Crippen molar-refractivity contribution in [1.82, 2.24) is 4.31 Å². The molecule has 0 saturated carbocycles. The monoisotopic (exact) mass is 464 g/mol. The summed E-state index contributed by atoms with van der Waals surface area (Å²) in [4.78, 5) is 1.57. The first-order valence-corrected chi connectivity index (χ1v) is 13.8. The van der Waals surface area contributed by atoms with E-state index < -0.39 is 19.9 Å². The van der Waals surface area contributed by atoms with Crippen LogP contribution in [0.1, 0.15) is 30.5 Å². The van der Waals surface area contributed by atoms with Crippen molar-refractivity contribution < 1.29 is 16.8 Å². The SMILES string of the molecule is CCc1ccc(CC)c(Sc2ccc(C#N)cc2S(=O)(=O)N2CCS(=O)(=O)CC2)c1. The summed E-state index contributed by atoms with van der Waals surface area (Å²) < 4.78 is 51.4. The number of sulfonamides is 1. The lowest BCUT2D eigenvalue weighted by Crippen LogP contribution is -2.43. The number of sulfone groups is 1. The number of rotatable bonds is 6. The molecule has 160 valence electrons. The predicted octanol–water partition coefficient (Wildman–Crippen LogP) is 3.25. The zero-order valence-corrected chi connectivity index (χ0v) is 19.4. The minimum Gasteiger partial charge on any atom is -0.229 e. The van der Waals surface area contributed by atoms with E-state index in [4.69, 9.17) is 0 Å². The van der Waals surface area contributed by atoms with Crippen LogP contribution in [0.5, 0.6) is 0 Å². The lowest BCUT2D eigenvalue weighted by Gasteiger charge is -2.27. The van der Waals surface area contributed by atoms with Crippen LogP contribution >= 0.6 is 11.8 Å². The Balaban J connectivity index is 2.05. The molecule has 0 unspecified atom stereocenters. The largest absolute Gasteiger partial charge is 0.244 e. The van der Waals surface area contributed by atoms with E-state index in [1.807, 2.05) is 6.07 Å². The molecular formula is C21H24N2O4S3. The van der Waals surface area contributed by atoms with Crippen LogP contribution < -0.4 is 0 Å². The first-order chi connectivity index (χ1) is 14.2. The second kappa shape index (κ2) is 9.10. The fourth-order valence-electron chi connectivity index (χ4n) is 3.26. The average molecular weight is 465 g/mol. The molecule has 30 heavy (non-hydrogen) atoms. The van der Waals surface area contributed by atoms with E-state index in [1.54, 1.807) is 12.1 Å². The molecule has 0 atom stereocenters. The van der Waals surface area contributed by atoms with Gasteiger partial charge in [-0.1, -0.05) is 37.7 Å². The Kier molecular flexibility index (Phi) is 6.92. The van der Waals surface area contributed by atoms with Crippen LogP contribution in [0, 0.1) is 11.3 Å². The highest BCUT2D eigenvalue weighted by atomic mass is 32.2. The minimum atomic E-state index is -3.93. The predicted molar refractivity (Wildman–Crippen MR) is 118 cm³/mol. The van der Waals surface area contributed by atoms with Gasteiger partial charge in [-0.25, -0.2) is 16.8 Å². The van der Waals surface area contributed by atoms with E-state index in [1.165, 1.54) is 22.1 Å². The summed E-state index contributed by atoms with van der Waals surface area (Å²) in [5.74, 6) is -0.379. The molecule has 0 aliphatic carbocycles. The van der Waals surface area contributed by atoms with Crippen LogP contribution in [0.4, 0.5) is 0 Å². The number of hydrogen-bond acceptors (Lipinski definition) is 6. The van der Waals surface area contributed by atoms with E-state index in [-0.39, 0.29) is 35.1 Å². The molecule has 1 fully saturated rings. The summed E-state index contributed by atoms with van der Waals surface area (Å²) in [7, 11) is -7.14. The Labute approximate surface area is 182 Å². The van der Waals surface area contributed by atoms with Gasteiger partial charge < -0.3 is 0 Å². The molecule has 1 saturated heterocycles. The van der Waals surface area contributed by atoms with Gasteiger partial charge in [0.15, 0.2) is 9.84 Å². The normalized spacial score (nSPS) is 16.8. The van der Waals surface area contributed by atoms with Crippen molar-refractivity contribution in [3.8, 4) is 6.07 Å². The van der Waals surface area contributed by atoms with Gasteiger partial charge in [0.2, 0.25) is 10.0 Å². The maximum Gasteiger partial charge on any atom is 0.244 e. The molecule has 0 aromatic heterocycles. The summed E-state index contributed by atoms with van der Waals surface area (Å²) in [5.41, 5.74) is 2.53. The van der Waals surface area contributed by atoms with Crippen LogP contribution in [0.15, 0.2) is 51.1 Å². The van der Waals surface area contributed by atoms with Gasteiger partial charge >= 0.3 is 0 Å². The summed E-state index contributed by atoms with van der Waals surface area (Å²) in [6.45, 7) is 3.97. The number of nitrogens with zero attached hydrogens (tertiary/aromatic N) is 2. The Hall–Kier alpha value is -1.86. The number of benzene rings is 2. The second-order valence-corrected chi connectivity index (χ2v) is 12.4. The molecular weight excluding hydrogens is 440 g/mol. The van der Waals surface area contributed by atoms with Crippen LogP contribution in [0.3, 0.4) is 0 Å². The lowest BCUT2D eigenvalue weighted by atomic mass is 10.1. The van der Waals surface area contributed by atoms with Gasteiger partial charge in [-0.15, -0.1) is 0 Å². The lowest BCUT2D eigenvalue weighted by molar-refractivity contribution is 0.429. The first-order valence-electron chi connectivity index (χ1n) is 9.74. The molecule has 6 nitrogen and oxygen atoms in total. The molecule has 2 aromatic carbocycles. The van der Waals surface area contributed by atoms with Crippen molar-refractivity contribution in [2.45, 2.75) is 41.4 Å². The van der Waals surface area contributed by atoms with E-state index in [0.717, 1.165) is 28.9 Å². The topological polar surface area (TPSA) is 95.3 Å². The molecule has 0 radical (unpaired) electrons. The third-order valence-corrected chi connectivity index (χ3v) is 9.99. The maximum absolute atomic E-state index is 13.4. The highest BCUT2D eigenvalue weighted by Gasteiger charge is 2.33. The maximum atomic E-state index is 13.4. The molecule has 2 aromatic rings. The molecule has 0 spiro atoms. The molecule has 1 aliphatic rings. The highest BCUT2D eigenvalue weighted by Crippen LogP contribution is 2.37. The van der Waals surface area contributed by atoms with Crippen molar-refractivity contribution in [3.05, 3.63) is 53.1 Å². The fraction of sp³-hybridized carbons (Fsp3) is 0.381. The van der Waals surface area contributed by atoms with Gasteiger partial charge in [0.1, 0.15) is 0 Å². The standard InChI is InChI=1S/C21H24N2O4S3/c1-3-16-5-7-18(4-2)20(13-16)28-19-8-6-17(15-22)14-21(19)30(26,27)23-9-11-29(24,25)12-10-23/h5-8,13-14H,3-4,9-12H2,1-2H3. The number of hydrogen-bond donors (Lipinski definition) is 0. The third kappa shape index (κ3) is 4.89. The van der Waals surface area contributed by atoms with Crippen LogP contribution in [-0.4, -0.2) is 45.7 Å². The number of nitriles is 1. The first kappa shape index (κ1) is 22.8. The Bertz CT molecular complexity index is 1190. The summed E-state index contributed by atoms with van der Waals surface area (Å²) in [5, 5.41) is 9.29. The fourth-order valence-corrected chi connectivity index (χ4v) is 7.76. The van der Waals surface area contributed by atoms with Crippen LogP contribution in [0.25, 0.3) is 0 Å². The van der Waals surface area contributed by atoms with Crippen LogP contribution in [-0.2, 0) is 32.7 Å². The quantitative estimate of drug-likeness (QED) is 0.651. The van der Waals surface area contributed by atoms with Crippen molar-refractivity contribution in [2.24, 2.45) is 0 Å². The summed E-state index contributed by atoms with van der Waals surface area (Å²) >= 11 is 1.37. The molecule has 3 rings (SSSR count). The zero-order valence-electron chi connectivity index (χ0n) is 17.0. The van der Waals surface area contributed by atoms with E-state index >= 15 is 0 Å². The van der Waals surface area contributed by atoms with Gasteiger partial charge in [0.05, 0.1) is 28.0 Å². The van der Waals surface area contributed by atoms with Gasteiger partial charge in [0, 0.05) is 22.9 Å². The zero-order chi connectivity index (χ0) is 21.9. The summed E-state index contributed by atoms with van der Waals surface area (Å²) in [6.07, 6.45) is 1.69. The molecule has 1 aliphatic heterocycles. The van der Waals surface area contributed by atoms with E-state index in [0.29, 0.717) is 4.90 Å². The third-order valence-electron chi connectivity index (χ3n) is 5.13. The van der Waals surface area contributed by atoms with Crippen molar-refractivity contribution >= 4 is 31.6 Å². The minimum absolute atomic E-state index is 0.0507. The average Bonchev–Trinajstić information content (AvgIpc) is 2.73. The van der Waals surface area contributed by atoms with Crippen molar-refractivity contribution in [2.75, 3.05) is 24.6 Å². The highest BCUT2D eigenvalue weighted by molar-refractivity contribution is 8.00. The molecule has 0 amide bonds. The molecule has 0 N–H and O–H groups in total. The Morgan fingerprint density at radius 1 is 1.03 bits per heavy atom. The smallest absolute Gasteiger partial charge is 0.229 e. The molecule has 1 heterocycles. The van der Waals surface area contributed by atoms with Gasteiger partial charge in [-0.05, 0) is 48.2 Å². The van der Waals surface area contributed by atoms with Gasteiger partial charge in [0.25, 0.3) is 0 Å². The summed E-state index contributed by atoms with van der Waals surface area (Å²) in [6, 6.07) is 12.9. The van der Waals surface area contributed by atoms with E-state index in [9.17, 15) is 22.1 Å². The second-order valence-electron chi connectivity index (χ2n) is 7.08. The Morgan fingerprint density at radius 2 is 1.73 bits per heavy atom.